The van der Waals surface area contributed by atoms with E-state index in [1.54, 1.807) is 43.3 Å². The largest absolute Gasteiger partial charge is 0.399 e. The Morgan fingerprint density at radius 2 is 1.88 bits per heavy atom. The minimum atomic E-state index is -0.413. The summed E-state index contributed by atoms with van der Waals surface area (Å²) in [6.07, 6.45) is 0. The fourth-order valence-electron chi connectivity index (χ4n) is 2.26. The predicted octanol–water partition coefficient (Wildman–Crippen LogP) is 4.12. The van der Waals surface area contributed by atoms with Crippen LogP contribution in [0, 0.1) is 0 Å². The van der Waals surface area contributed by atoms with Crippen molar-refractivity contribution in [3.63, 3.8) is 0 Å². The van der Waals surface area contributed by atoms with Crippen molar-refractivity contribution in [2.75, 3.05) is 5.73 Å². The lowest BCUT2D eigenvalue weighted by Crippen LogP contribution is -2.19. The van der Waals surface area contributed by atoms with E-state index >= 15 is 0 Å². The van der Waals surface area contributed by atoms with Gasteiger partial charge in [0.25, 0.3) is 5.91 Å². The van der Waals surface area contributed by atoms with Gasteiger partial charge in [0.05, 0.1) is 16.4 Å². The van der Waals surface area contributed by atoms with E-state index in [0.29, 0.717) is 32.7 Å². The first-order valence-electron chi connectivity index (χ1n) is 7.65. The molecule has 1 amide bonds. The molecule has 3 rings (SSSR count). The zero-order valence-corrected chi connectivity index (χ0v) is 15.3. The van der Waals surface area contributed by atoms with Crippen LogP contribution in [0.4, 0.5) is 5.69 Å². The number of aromatic amines is 1. The zero-order chi connectivity index (χ0) is 18.7. The molecule has 0 radical (unpaired) electrons. The monoisotopic (exact) mass is 387 g/mol. The third kappa shape index (κ3) is 4.04. The van der Waals surface area contributed by atoms with Crippen LogP contribution in [0.5, 0.6) is 0 Å². The number of carbonyl (C=O) groups is 1. The minimum absolute atomic E-state index is 0.264. The Morgan fingerprint density at radius 1 is 1.15 bits per heavy atom. The van der Waals surface area contributed by atoms with Crippen LogP contribution in [-0.2, 0) is 0 Å². The summed E-state index contributed by atoms with van der Waals surface area (Å²) in [7, 11) is 0. The predicted molar refractivity (Wildman–Crippen MR) is 105 cm³/mol. The third-order valence-corrected chi connectivity index (χ3v) is 4.23. The first-order valence-corrected chi connectivity index (χ1v) is 8.41. The summed E-state index contributed by atoms with van der Waals surface area (Å²) in [5.41, 5.74) is 11.8. The van der Waals surface area contributed by atoms with Gasteiger partial charge in [-0.2, -0.15) is 10.2 Å². The number of H-pyrrole nitrogens is 1. The van der Waals surface area contributed by atoms with Crippen molar-refractivity contribution in [3.05, 3.63) is 69.8 Å². The van der Waals surface area contributed by atoms with Gasteiger partial charge in [-0.05, 0) is 48.9 Å². The number of aromatic nitrogens is 2. The molecule has 8 heteroatoms. The van der Waals surface area contributed by atoms with Crippen LogP contribution in [0.25, 0.3) is 11.3 Å². The zero-order valence-electron chi connectivity index (χ0n) is 13.8. The van der Waals surface area contributed by atoms with E-state index in [4.69, 9.17) is 28.9 Å². The number of hydrazone groups is 1. The van der Waals surface area contributed by atoms with E-state index < -0.39 is 5.91 Å². The van der Waals surface area contributed by atoms with E-state index in [1.165, 1.54) is 0 Å². The Hall–Kier alpha value is -2.83. The quantitative estimate of drug-likeness (QED) is 0.356. The molecule has 0 atom stereocenters. The number of anilines is 1. The molecule has 0 aliphatic rings. The Morgan fingerprint density at radius 3 is 2.58 bits per heavy atom. The highest BCUT2D eigenvalue weighted by atomic mass is 35.5. The van der Waals surface area contributed by atoms with E-state index in [2.05, 4.69) is 20.7 Å². The third-order valence-electron chi connectivity index (χ3n) is 3.68. The first-order chi connectivity index (χ1) is 12.4. The topological polar surface area (TPSA) is 96.2 Å². The molecule has 0 bridgehead atoms. The van der Waals surface area contributed by atoms with Crippen LogP contribution in [0.1, 0.15) is 23.0 Å². The number of rotatable bonds is 4. The Bertz CT molecular complexity index is 980. The lowest BCUT2D eigenvalue weighted by Gasteiger charge is -2.02. The number of nitrogens with two attached hydrogens (primary N) is 1. The Balaban J connectivity index is 1.74. The first kappa shape index (κ1) is 18.0. The number of hydrogen-bond donors (Lipinski definition) is 3. The summed E-state index contributed by atoms with van der Waals surface area (Å²) in [5, 5.41) is 11.9. The summed E-state index contributed by atoms with van der Waals surface area (Å²) in [4.78, 5) is 12.3. The fourth-order valence-corrected chi connectivity index (χ4v) is 2.76. The Kier molecular flexibility index (Phi) is 5.25. The van der Waals surface area contributed by atoms with Gasteiger partial charge in [0, 0.05) is 16.3 Å². The van der Waals surface area contributed by atoms with Crippen molar-refractivity contribution in [3.8, 4) is 11.3 Å². The molecule has 0 unspecified atom stereocenters. The van der Waals surface area contributed by atoms with E-state index in [0.717, 1.165) is 5.56 Å². The van der Waals surface area contributed by atoms with Crippen molar-refractivity contribution < 1.29 is 4.79 Å². The number of nitrogens with one attached hydrogen (secondary N) is 2. The maximum absolute atomic E-state index is 12.3. The molecule has 132 valence electrons. The van der Waals surface area contributed by atoms with Gasteiger partial charge in [-0.25, -0.2) is 5.43 Å². The van der Waals surface area contributed by atoms with Crippen LogP contribution in [-0.4, -0.2) is 21.8 Å². The second-order valence-corrected chi connectivity index (χ2v) is 6.39. The van der Waals surface area contributed by atoms with Crippen molar-refractivity contribution in [2.45, 2.75) is 6.92 Å². The highest BCUT2D eigenvalue weighted by molar-refractivity contribution is 6.36. The number of hydrogen-bond acceptors (Lipinski definition) is 4. The summed E-state index contributed by atoms with van der Waals surface area (Å²) in [6, 6.07) is 13.9. The molecule has 0 aliphatic carbocycles. The number of nitrogen functional groups attached to an aromatic ring is 1. The molecule has 1 aromatic heterocycles. The molecule has 26 heavy (non-hydrogen) atoms. The second-order valence-electron chi connectivity index (χ2n) is 5.55. The minimum Gasteiger partial charge on any atom is -0.399 e. The standard InChI is InChI=1S/C18H15Cl2N5O/c1-10(11-2-5-13(21)6-3-11)22-25-18(26)17-9-16(23-24-17)14-7-4-12(19)8-15(14)20/h2-9H,21H2,1H3,(H,23,24)(H,25,26). The van der Waals surface area contributed by atoms with Crippen LogP contribution >= 0.6 is 23.2 Å². The molecule has 0 saturated heterocycles. The molecule has 4 N–H and O–H groups in total. The molecule has 6 nitrogen and oxygen atoms in total. The van der Waals surface area contributed by atoms with Crippen molar-refractivity contribution in [2.24, 2.45) is 5.10 Å². The number of nitrogens with zero attached hydrogens (tertiary/aromatic N) is 2. The summed E-state index contributed by atoms with van der Waals surface area (Å²) in [5.74, 6) is -0.413. The molecule has 0 spiro atoms. The molecule has 0 saturated carbocycles. The van der Waals surface area contributed by atoms with Crippen LogP contribution in [0.15, 0.2) is 53.6 Å². The highest BCUT2D eigenvalue weighted by Crippen LogP contribution is 2.29. The number of benzene rings is 2. The SMILES string of the molecule is CC(=NNC(=O)c1cc(-c2ccc(Cl)cc2Cl)n[nH]1)c1ccc(N)cc1. The smallest absolute Gasteiger partial charge is 0.289 e. The van der Waals surface area contributed by atoms with Crippen molar-refractivity contribution in [1.82, 2.24) is 15.6 Å². The lowest BCUT2D eigenvalue weighted by molar-refractivity contribution is 0.0950. The molecule has 3 aromatic rings. The van der Waals surface area contributed by atoms with Crippen molar-refractivity contribution >= 4 is 40.5 Å². The van der Waals surface area contributed by atoms with Gasteiger partial charge >= 0.3 is 0 Å². The van der Waals surface area contributed by atoms with Gasteiger partial charge in [0.1, 0.15) is 5.69 Å². The van der Waals surface area contributed by atoms with Crippen LogP contribution in [0.3, 0.4) is 0 Å². The molecule has 1 heterocycles. The molecule has 2 aromatic carbocycles. The fraction of sp³-hybridized carbons (Fsp3) is 0.0556. The van der Waals surface area contributed by atoms with E-state index in [1.807, 2.05) is 12.1 Å². The average molecular weight is 388 g/mol. The number of halogens is 2. The Labute approximate surface area is 160 Å². The molecular weight excluding hydrogens is 373 g/mol. The normalized spacial score (nSPS) is 11.4. The summed E-state index contributed by atoms with van der Waals surface area (Å²) < 4.78 is 0. The van der Waals surface area contributed by atoms with Gasteiger partial charge in [-0.3, -0.25) is 9.89 Å². The van der Waals surface area contributed by atoms with E-state index in [9.17, 15) is 4.79 Å². The van der Waals surface area contributed by atoms with Gasteiger partial charge < -0.3 is 5.73 Å². The second kappa shape index (κ2) is 7.59. The van der Waals surface area contributed by atoms with Gasteiger partial charge in [0.15, 0.2) is 0 Å². The highest BCUT2D eigenvalue weighted by Gasteiger charge is 2.13. The average Bonchev–Trinajstić information content (AvgIpc) is 3.10. The molecule has 0 aliphatic heterocycles. The van der Waals surface area contributed by atoms with Crippen molar-refractivity contribution in [1.29, 1.82) is 0 Å². The maximum atomic E-state index is 12.3. The van der Waals surface area contributed by atoms with E-state index in [-0.39, 0.29) is 5.69 Å². The van der Waals surface area contributed by atoms with Crippen LogP contribution in [0.2, 0.25) is 10.0 Å². The van der Waals surface area contributed by atoms with Gasteiger partial charge in [0.2, 0.25) is 0 Å². The maximum Gasteiger partial charge on any atom is 0.289 e. The van der Waals surface area contributed by atoms with Gasteiger partial charge in [-0.15, -0.1) is 0 Å². The molecular formula is C18H15Cl2N5O. The summed E-state index contributed by atoms with van der Waals surface area (Å²) >= 11 is 12.1. The lowest BCUT2D eigenvalue weighted by atomic mass is 10.1. The van der Waals surface area contributed by atoms with Gasteiger partial charge in [-0.1, -0.05) is 35.3 Å². The summed E-state index contributed by atoms with van der Waals surface area (Å²) in [6.45, 7) is 1.79. The molecule has 0 fully saturated rings. The number of carbonyl (C=O) groups excluding carboxylic acids is 1. The van der Waals surface area contributed by atoms with Crippen LogP contribution < -0.4 is 11.2 Å². The number of amides is 1.